The lowest BCUT2D eigenvalue weighted by molar-refractivity contribution is -0.143. The van der Waals surface area contributed by atoms with Gasteiger partial charge in [0.05, 0.1) is 34.8 Å². The van der Waals surface area contributed by atoms with Crippen LogP contribution in [-0.2, 0) is 31.6 Å². The SMILES string of the molecule is CN1CCN(c2cnc(N(Cc3cc(C(F)(F)F)cc(C(F)(F)F)c3)Cc3cc(C(F)(F)F)cnc3C(CN)CC3CCCC3)nc2)CC1. The van der Waals surface area contributed by atoms with Crippen molar-refractivity contribution in [1.82, 2.24) is 19.9 Å². The minimum Gasteiger partial charge on any atom is -0.366 e. The Hall–Kier alpha value is -3.66. The number of likely N-dealkylation sites (N-methyl/N-ethyl adjacent to an activating group) is 1. The molecule has 1 aromatic carbocycles. The summed E-state index contributed by atoms with van der Waals surface area (Å²) < 4.78 is 124. The zero-order chi connectivity index (χ0) is 35.6. The van der Waals surface area contributed by atoms with Crippen molar-refractivity contribution in [1.29, 1.82) is 0 Å². The van der Waals surface area contributed by atoms with Crippen molar-refractivity contribution in [2.45, 2.75) is 69.6 Å². The maximum absolute atomic E-state index is 14.0. The second kappa shape index (κ2) is 14.7. The number of nitrogens with two attached hydrogens (primary N) is 1. The van der Waals surface area contributed by atoms with Crippen LogP contribution in [0.3, 0.4) is 0 Å². The highest BCUT2D eigenvalue weighted by molar-refractivity contribution is 5.47. The third-order valence-electron chi connectivity index (χ3n) is 9.25. The van der Waals surface area contributed by atoms with E-state index in [1.165, 1.54) is 17.3 Å². The minimum atomic E-state index is -5.09. The van der Waals surface area contributed by atoms with Gasteiger partial charge >= 0.3 is 18.5 Å². The molecule has 1 atom stereocenters. The van der Waals surface area contributed by atoms with E-state index in [-0.39, 0.29) is 29.7 Å². The fourth-order valence-electron chi connectivity index (χ4n) is 6.58. The maximum atomic E-state index is 14.0. The van der Waals surface area contributed by atoms with E-state index in [9.17, 15) is 39.5 Å². The van der Waals surface area contributed by atoms with E-state index in [2.05, 4.69) is 19.9 Å². The molecule has 5 rings (SSSR count). The molecule has 1 unspecified atom stereocenters. The monoisotopic (exact) mass is 703 g/mol. The van der Waals surface area contributed by atoms with Crippen molar-refractivity contribution in [3.63, 3.8) is 0 Å². The summed E-state index contributed by atoms with van der Waals surface area (Å²) in [6.07, 6.45) is -6.70. The lowest BCUT2D eigenvalue weighted by atomic mass is 9.88. The Kier molecular flexibility index (Phi) is 11.0. The number of benzene rings is 1. The third kappa shape index (κ3) is 9.32. The molecule has 268 valence electrons. The van der Waals surface area contributed by atoms with Crippen LogP contribution in [0.15, 0.2) is 42.9 Å². The second-order valence-electron chi connectivity index (χ2n) is 12.9. The molecule has 0 bridgehead atoms. The zero-order valence-electron chi connectivity index (χ0n) is 26.8. The van der Waals surface area contributed by atoms with E-state index in [1.807, 2.05) is 11.9 Å². The molecular weight excluding hydrogens is 665 g/mol. The summed E-state index contributed by atoms with van der Waals surface area (Å²) in [6, 6.07) is 2.13. The summed E-state index contributed by atoms with van der Waals surface area (Å²) in [5, 5.41) is 0. The lowest BCUT2D eigenvalue weighted by Gasteiger charge is -2.33. The summed E-state index contributed by atoms with van der Waals surface area (Å²) in [5.41, 5.74) is 2.71. The standard InChI is InChI=1S/C33H38F9N7/c1-47-6-8-48(9-7-47)28-17-45-30(46-18-28)49(19-22-11-25(31(34,35)36)14-26(12-22)32(37,38)39)20-24-13-27(33(40,41)42)16-44-29(24)23(15-43)10-21-4-2-3-5-21/h11-14,16-18,21,23H,2-10,15,19-20,43H2,1H3. The van der Waals surface area contributed by atoms with Gasteiger partial charge in [-0.25, -0.2) is 9.97 Å². The molecule has 1 aliphatic heterocycles. The number of anilines is 2. The van der Waals surface area contributed by atoms with Crippen LogP contribution in [0.2, 0.25) is 0 Å². The van der Waals surface area contributed by atoms with Crippen LogP contribution in [0.1, 0.15) is 71.5 Å². The fourth-order valence-corrected chi connectivity index (χ4v) is 6.58. The minimum absolute atomic E-state index is 0.0267. The van der Waals surface area contributed by atoms with E-state index in [0.29, 0.717) is 48.9 Å². The molecule has 0 spiro atoms. The predicted octanol–water partition coefficient (Wildman–Crippen LogP) is 7.51. The Labute approximate surface area is 278 Å². The molecule has 2 N–H and O–H groups in total. The number of nitrogens with zero attached hydrogens (tertiary/aromatic N) is 6. The van der Waals surface area contributed by atoms with Crippen LogP contribution in [0.5, 0.6) is 0 Å². The number of pyridine rings is 1. The maximum Gasteiger partial charge on any atom is 0.417 e. The highest BCUT2D eigenvalue weighted by atomic mass is 19.4. The second-order valence-corrected chi connectivity index (χ2v) is 12.9. The number of hydrogen-bond donors (Lipinski definition) is 1. The summed E-state index contributed by atoms with van der Waals surface area (Å²) in [7, 11) is 1.98. The van der Waals surface area contributed by atoms with Crippen molar-refractivity contribution < 1.29 is 39.5 Å². The average molecular weight is 704 g/mol. The van der Waals surface area contributed by atoms with Crippen LogP contribution < -0.4 is 15.5 Å². The molecule has 2 fully saturated rings. The topological polar surface area (TPSA) is 74.4 Å². The van der Waals surface area contributed by atoms with E-state index < -0.39 is 54.2 Å². The molecule has 3 aromatic rings. The van der Waals surface area contributed by atoms with E-state index in [4.69, 9.17) is 5.73 Å². The molecular formula is C33H38F9N7. The molecule has 0 amide bonds. The first-order chi connectivity index (χ1) is 23.0. The van der Waals surface area contributed by atoms with E-state index in [1.54, 1.807) is 0 Å². The van der Waals surface area contributed by atoms with Gasteiger partial charge in [-0.15, -0.1) is 0 Å². The van der Waals surface area contributed by atoms with Gasteiger partial charge in [-0.1, -0.05) is 25.7 Å². The van der Waals surface area contributed by atoms with Crippen molar-refractivity contribution in [2.24, 2.45) is 11.7 Å². The number of hydrogen-bond acceptors (Lipinski definition) is 7. The number of piperazine rings is 1. The van der Waals surface area contributed by atoms with Crippen LogP contribution in [0.4, 0.5) is 51.1 Å². The third-order valence-corrected chi connectivity index (χ3v) is 9.25. The molecule has 3 heterocycles. The van der Waals surface area contributed by atoms with Crippen LogP contribution in [-0.4, -0.2) is 59.6 Å². The van der Waals surface area contributed by atoms with Gasteiger partial charge in [0, 0.05) is 63.6 Å². The van der Waals surface area contributed by atoms with Crippen molar-refractivity contribution in [2.75, 3.05) is 49.6 Å². The molecule has 1 saturated heterocycles. The van der Waals surface area contributed by atoms with Gasteiger partial charge in [-0.05, 0) is 54.8 Å². The summed E-state index contributed by atoms with van der Waals surface area (Å²) >= 11 is 0. The van der Waals surface area contributed by atoms with Crippen LogP contribution >= 0.6 is 0 Å². The highest BCUT2D eigenvalue weighted by Gasteiger charge is 2.38. The fraction of sp³-hybridized carbons (Fsp3) is 0.545. The first-order valence-electron chi connectivity index (χ1n) is 16.1. The molecule has 1 aliphatic carbocycles. The molecule has 49 heavy (non-hydrogen) atoms. The zero-order valence-corrected chi connectivity index (χ0v) is 26.8. The molecule has 7 nitrogen and oxygen atoms in total. The van der Waals surface area contributed by atoms with Gasteiger partial charge in [0.1, 0.15) is 0 Å². The smallest absolute Gasteiger partial charge is 0.366 e. The molecule has 2 aromatic heterocycles. The molecule has 1 saturated carbocycles. The summed E-state index contributed by atoms with van der Waals surface area (Å²) in [5.74, 6) is -0.210. The normalized spacial score (nSPS) is 17.5. The van der Waals surface area contributed by atoms with E-state index in [0.717, 1.165) is 51.0 Å². The van der Waals surface area contributed by atoms with Crippen molar-refractivity contribution >= 4 is 11.6 Å². The predicted molar refractivity (Wildman–Crippen MR) is 166 cm³/mol. The highest BCUT2D eigenvalue weighted by Crippen LogP contribution is 2.39. The van der Waals surface area contributed by atoms with Gasteiger partial charge in [0.2, 0.25) is 5.95 Å². The lowest BCUT2D eigenvalue weighted by Crippen LogP contribution is -2.44. The van der Waals surface area contributed by atoms with Crippen molar-refractivity contribution in [3.05, 3.63) is 76.4 Å². The molecule has 2 aliphatic rings. The average Bonchev–Trinajstić information content (AvgIpc) is 3.56. The number of alkyl halides is 9. The van der Waals surface area contributed by atoms with Crippen molar-refractivity contribution in [3.8, 4) is 0 Å². The molecule has 16 heteroatoms. The Bertz CT molecular complexity index is 1510. The summed E-state index contributed by atoms with van der Waals surface area (Å²) in [4.78, 5) is 18.5. The Balaban J connectivity index is 1.57. The number of aromatic nitrogens is 3. The first-order valence-corrected chi connectivity index (χ1v) is 16.1. The van der Waals surface area contributed by atoms with E-state index >= 15 is 0 Å². The van der Waals surface area contributed by atoms with Gasteiger partial charge in [0.25, 0.3) is 0 Å². The van der Waals surface area contributed by atoms with Gasteiger partial charge in [0.15, 0.2) is 0 Å². The number of rotatable bonds is 10. The van der Waals surface area contributed by atoms with Gasteiger partial charge < -0.3 is 20.4 Å². The largest absolute Gasteiger partial charge is 0.417 e. The van der Waals surface area contributed by atoms with Crippen LogP contribution in [0, 0.1) is 5.92 Å². The Morgan fingerprint density at radius 3 is 1.86 bits per heavy atom. The summed E-state index contributed by atoms with van der Waals surface area (Å²) in [6.45, 7) is 2.02. The Morgan fingerprint density at radius 2 is 1.33 bits per heavy atom. The first kappa shape index (κ1) is 36.6. The Morgan fingerprint density at radius 1 is 0.755 bits per heavy atom. The van der Waals surface area contributed by atoms with Gasteiger partial charge in [-0.3, -0.25) is 4.98 Å². The quantitative estimate of drug-likeness (QED) is 0.219. The van der Waals surface area contributed by atoms with Gasteiger partial charge in [-0.2, -0.15) is 39.5 Å². The number of halogens is 9. The molecule has 0 radical (unpaired) electrons. The van der Waals surface area contributed by atoms with Crippen LogP contribution in [0.25, 0.3) is 0 Å².